The molecular weight excluding hydrogens is 575 g/mol. The van der Waals surface area contributed by atoms with E-state index >= 15 is 0 Å². The van der Waals surface area contributed by atoms with Gasteiger partial charge >= 0.3 is 12.8 Å². The van der Waals surface area contributed by atoms with Gasteiger partial charge in [0, 0.05) is 22.4 Å². The van der Waals surface area contributed by atoms with Crippen molar-refractivity contribution in [3.8, 4) is 28.7 Å². The molecule has 0 N–H and O–H groups in total. The van der Waals surface area contributed by atoms with Crippen LogP contribution in [0.1, 0.15) is 32.7 Å². The molecule has 0 aliphatic carbocycles. The molecule has 0 bridgehead atoms. The second-order valence-electron chi connectivity index (χ2n) is 8.67. The van der Waals surface area contributed by atoms with Crippen LogP contribution in [0.25, 0.3) is 17.2 Å². The van der Waals surface area contributed by atoms with Crippen molar-refractivity contribution < 1.29 is 36.2 Å². The van der Waals surface area contributed by atoms with Crippen LogP contribution in [0, 0.1) is 11.3 Å². The summed E-state index contributed by atoms with van der Waals surface area (Å²) in [4.78, 5) is 16.3. The van der Waals surface area contributed by atoms with E-state index in [0.29, 0.717) is 22.4 Å². The first-order chi connectivity index (χ1) is 20.1. The first kappa shape index (κ1) is 30.3. The van der Waals surface area contributed by atoms with Gasteiger partial charge in [-0.15, -0.1) is 11.8 Å². The molecule has 0 aliphatic heterocycles. The summed E-state index contributed by atoms with van der Waals surface area (Å²) in [5, 5.41) is 9.80. The molecule has 11 heteroatoms. The number of hydrogen-bond acceptors (Lipinski definition) is 6. The van der Waals surface area contributed by atoms with E-state index < -0.39 is 18.5 Å². The number of ether oxygens (including phenoxy) is 2. The van der Waals surface area contributed by atoms with Crippen LogP contribution in [0.4, 0.5) is 22.0 Å². The normalized spacial score (nSPS) is 11.5. The maximum absolute atomic E-state index is 13.7. The van der Waals surface area contributed by atoms with Gasteiger partial charge in [0.25, 0.3) is 0 Å². The highest BCUT2D eigenvalue weighted by Gasteiger charge is 2.34. The highest BCUT2D eigenvalue weighted by Crippen LogP contribution is 2.38. The lowest BCUT2D eigenvalue weighted by Crippen LogP contribution is -2.10. The second-order valence-corrected chi connectivity index (χ2v) is 9.64. The van der Waals surface area contributed by atoms with Crippen LogP contribution >= 0.6 is 11.8 Å². The highest BCUT2D eigenvalue weighted by molar-refractivity contribution is 7.98. The van der Waals surface area contributed by atoms with Crippen LogP contribution in [-0.2, 0) is 11.9 Å². The van der Waals surface area contributed by atoms with Gasteiger partial charge < -0.3 is 9.47 Å². The first-order valence-corrected chi connectivity index (χ1v) is 13.2. The summed E-state index contributed by atoms with van der Waals surface area (Å²) in [6.07, 6.45) is -1.88. The summed E-state index contributed by atoms with van der Waals surface area (Å²) in [7, 11) is 1.45. The number of alkyl halides is 5. The van der Waals surface area contributed by atoms with Gasteiger partial charge in [0.05, 0.1) is 12.7 Å². The van der Waals surface area contributed by atoms with Crippen molar-refractivity contribution in [1.29, 1.82) is 5.26 Å². The highest BCUT2D eigenvalue weighted by atomic mass is 32.2. The van der Waals surface area contributed by atoms with Crippen molar-refractivity contribution in [3.63, 3.8) is 0 Å². The number of pyridine rings is 1. The number of aromatic nitrogens is 1. The Kier molecular flexibility index (Phi) is 9.60. The minimum Gasteiger partial charge on any atom is -0.496 e. The van der Waals surface area contributed by atoms with E-state index in [4.69, 9.17) is 4.74 Å². The number of halogens is 5. The summed E-state index contributed by atoms with van der Waals surface area (Å²) < 4.78 is 75.6. The third-order valence-corrected chi connectivity index (χ3v) is 6.96. The molecule has 0 spiro atoms. The predicted octanol–water partition coefficient (Wildman–Crippen LogP) is 8.44. The molecule has 4 rings (SSSR count). The van der Waals surface area contributed by atoms with E-state index in [0.717, 1.165) is 17.8 Å². The number of allylic oxidation sites excluding steroid dienone is 1. The van der Waals surface area contributed by atoms with Gasteiger partial charge in [0.15, 0.2) is 5.78 Å². The zero-order valence-electron chi connectivity index (χ0n) is 21.9. The van der Waals surface area contributed by atoms with Crippen molar-refractivity contribution in [2.75, 3.05) is 7.11 Å². The average Bonchev–Trinajstić information content (AvgIpc) is 2.98. The minimum absolute atomic E-state index is 0.0183. The number of rotatable bonds is 10. The fraction of sp³-hybridized carbons (Fsp3) is 0.129. The Morgan fingerprint density at radius 3 is 2.38 bits per heavy atom. The monoisotopic (exact) mass is 596 g/mol. The standard InChI is InChI=1S/C31H21F5N2O3S/c1-40-27-14-8-19(7-13-26(39)21-9-11-23(12-10-21)41-30(32)33)15-22(27)18-42-29-25(17-37)24(20-5-3-2-4-6-20)16-28(38-29)31(34,35)36/h2-16,30H,18H2,1H3/b13-7+. The smallest absolute Gasteiger partial charge is 0.433 e. The summed E-state index contributed by atoms with van der Waals surface area (Å²) in [6, 6.07) is 21.5. The maximum atomic E-state index is 13.7. The van der Waals surface area contributed by atoms with E-state index in [9.17, 15) is 32.0 Å². The van der Waals surface area contributed by atoms with Crippen LogP contribution in [0.5, 0.6) is 11.5 Å². The van der Waals surface area contributed by atoms with Crippen molar-refractivity contribution in [2.24, 2.45) is 0 Å². The molecule has 1 aromatic heterocycles. The molecule has 42 heavy (non-hydrogen) atoms. The summed E-state index contributed by atoms with van der Waals surface area (Å²) in [5.74, 6) is 0.107. The SMILES string of the molecule is COc1ccc(/C=C/C(=O)c2ccc(OC(F)F)cc2)cc1CSc1nc(C(F)(F)F)cc(-c2ccccc2)c1C#N. The van der Waals surface area contributed by atoms with E-state index in [1.54, 1.807) is 48.5 Å². The first-order valence-electron chi connectivity index (χ1n) is 12.2. The number of benzene rings is 3. The maximum Gasteiger partial charge on any atom is 0.433 e. The molecule has 5 nitrogen and oxygen atoms in total. The largest absolute Gasteiger partial charge is 0.496 e. The van der Waals surface area contributed by atoms with E-state index in [1.807, 2.05) is 6.07 Å². The van der Waals surface area contributed by atoms with Gasteiger partial charge in [-0.2, -0.15) is 27.2 Å². The van der Waals surface area contributed by atoms with E-state index in [1.165, 1.54) is 43.5 Å². The number of methoxy groups -OCH3 is 1. The predicted molar refractivity (Wildman–Crippen MR) is 148 cm³/mol. The zero-order chi connectivity index (χ0) is 30.3. The van der Waals surface area contributed by atoms with Gasteiger partial charge in [-0.3, -0.25) is 4.79 Å². The quantitative estimate of drug-likeness (QED) is 0.0792. The van der Waals surface area contributed by atoms with E-state index in [2.05, 4.69) is 9.72 Å². The molecule has 0 amide bonds. The van der Waals surface area contributed by atoms with Crippen LogP contribution in [0.3, 0.4) is 0 Å². The Labute approximate surface area is 242 Å². The van der Waals surface area contributed by atoms with Gasteiger partial charge in [0.2, 0.25) is 0 Å². The fourth-order valence-corrected chi connectivity index (χ4v) is 4.94. The molecule has 3 aromatic carbocycles. The lowest BCUT2D eigenvalue weighted by molar-refractivity contribution is -0.141. The molecule has 214 valence electrons. The molecular formula is C31H21F5N2O3S. The molecule has 4 aromatic rings. The number of ketones is 1. The van der Waals surface area contributed by atoms with Crippen molar-refractivity contribution >= 4 is 23.6 Å². The molecule has 1 heterocycles. The minimum atomic E-state index is -4.72. The van der Waals surface area contributed by atoms with Gasteiger partial charge in [-0.05, 0) is 59.7 Å². The molecule has 0 saturated carbocycles. The van der Waals surface area contributed by atoms with Crippen LogP contribution in [0.15, 0.2) is 90.0 Å². The summed E-state index contributed by atoms with van der Waals surface area (Å²) >= 11 is 0.959. The molecule has 0 aliphatic rings. The van der Waals surface area contributed by atoms with Crippen LogP contribution in [-0.4, -0.2) is 24.5 Å². The zero-order valence-corrected chi connectivity index (χ0v) is 22.7. The third kappa shape index (κ3) is 7.53. The lowest BCUT2D eigenvalue weighted by atomic mass is 10.0. The summed E-state index contributed by atoms with van der Waals surface area (Å²) in [6.45, 7) is -2.98. The Bertz CT molecular complexity index is 1630. The van der Waals surface area contributed by atoms with E-state index in [-0.39, 0.29) is 39.0 Å². The average molecular weight is 597 g/mol. The topological polar surface area (TPSA) is 72.2 Å². The van der Waals surface area contributed by atoms with Crippen molar-refractivity contribution in [3.05, 3.63) is 113 Å². The number of thioether (sulfide) groups is 1. The number of nitriles is 1. The Morgan fingerprint density at radius 2 is 1.76 bits per heavy atom. The Hall–Kier alpha value is -4.69. The van der Waals surface area contributed by atoms with Crippen molar-refractivity contribution in [1.82, 2.24) is 4.98 Å². The fourth-order valence-electron chi connectivity index (χ4n) is 3.95. The molecule has 0 unspecified atom stereocenters. The van der Waals surface area contributed by atoms with Gasteiger partial charge in [0.1, 0.15) is 28.3 Å². The van der Waals surface area contributed by atoms with Crippen molar-refractivity contribution in [2.45, 2.75) is 23.6 Å². The summed E-state index contributed by atoms with van der Waals surface area (Å²) in [5.41, 5.74) is 0.928. The second kappa shape index (κ2) is 13.3. The molecule has 0 fully saturated rings. The molecule has 0 saturated heterocycles. The third-order valence-electron chi connectivity index (χ3n) is 5.93. The number of hydrogen-bond donors (Lipinski definition) is 0. The molecule has 0 atom stereocenters. The van der Waals surface area contributed by atoms with Gasteiger partial charge in [-0.25, -0.2) is 4.98 Å². The molecule has 0 radical (unpaired) electrons. The van der Waals surface area contributed by atoms with Crippen LogP contribution < -0.4 is 9.47 Å². The lowest BCUT2D eigenvalue weighted by Gasteiger charge is -2.15. The Morgan fingerprint density at radius 1 is 1.05 bits per heavy atom. The van der Waals surface area contributed by atoms with Crippen LogP contribution in [0.2, 0.25) is 0 Å². The van der Waals surface area contributed by atoms with Gasteiger partial charge in [-0.1, -0.05) is 42.5 Å². The number of carbonyl (C=O) groups is 1. The number of nitrogens with zero attached hydrogens (tertiary/aromatic N) is 2. The Balaban J connectivity index is 1.59. The number of carbonyl (C=O) groups excluding carboxylic acids is 1.